The van der Waals surface area contributed by atoms with Gasteiger partial charge in [-0.25, -0.2) is 8.42 Å². The van der Waals surface area contributed by atoms with Crippen molar-refractivity contribution in [2.75, 3.05) is 26.7 Å². The molecule has 0 radical (unpaired) electrons. The van der Waals surface area contributed by atoms with Gasteiger partial charge in [-0.2, -0.15) is 4.31 Å². The second kappa shape index (κ2) is 6.61. The van der Waals surface area contributed by atoms with Crippen LogP contribution in [0.2, 0.25) is 0 Å². The molecule has 124 valence electrons. The van der Waals surface area contributed by atoms with E-state index in [1.807, 2.05) is 0 Å². The Labute approximate surface area is 134 Å². The predicted octanol–water partition coefficient (Wildman–Crippen LogP) is 2.01. The molecule has 1 aliphatic rings. The first kappa shape index (κ1) is 17.3. The molecule has 22 heavy (non-hydrogen) atoms. The lowest BCUT2D eigenvalue weighted by molar-refractivity contribution is -0.380. The highest BCUT2D eigenvalue weighted by Crippen LogP contribution is 2.31. The molecule has 1 fully saturated rings. The SMILES string of the molecule is CCN1CC[C@@H](N(C)S(=O)(=O)c2csc([N+](=O)[O-])c2)[C@H](C)C1. The first-order chi connectivity index (χ1) is 10.3. The Morgan fingerprint density at radius 2 is 2.23 bits per heavy atom. The molecule has 0 aromatic carbocycles. The molecule has 0 aliphatic carbocycles. The first-order valence-corrected chi connectivity index (χ1v) is 9.52. The van der Waals surface area contributed by atoms with Crippen molar-refractivity contribution in [3.63, 3.8) is 0 Å². The van der Waals surface area contributed by atoms with Gasteiger partial charge in [-0.3, -0.25) is 10.1 Å². The van der Waals surface area contributed by atoms with Gasteiger partial charge in [0, 0.05) is 31.1 Å². The van der Waals surface area contributed by atoms with Crippen LogP contribution < -0.4 is 0 Å². The summed E-state index contributed by atoms with van der Waals surface area (Å²) in [6.07, 6.45) is 0.775. The quantitative estimate of drug-likeness (QED) is 0.601. The molecule has 0 bridgehead atoms. The van der Waals surface area contributed by atoms with Crippen LogP contribution >= 0.6 is 11.3 Å². The van der Waals surface area contributed by atoms with Crippen LogP contribution in [0.3, 0.4) is 0 Å². The van der Waals surface area contributed by atoms with Gasteiger partial charge in [-0.15, -0.1) is 0 Å². The molecule has 0 saturated carbocycles. The average molecular weight is 347 g/mol. The molecule has 1 aromatic rings. The van der Waals surface area contributed by atoms with E-state index < -0.39 is 14.9 Å². The van der Waals surface area contributed by atoms with Crippen LogP contribution in [0.1, 0.15) is 20.3 Å². The molecule has 1 aromatic heterocycles. The maximum Gasteiger partial charge on any atom is 0.325 e. The van der Waals surface area contributed by atoms with E-state index in [2.05, 4.69) is 18.7 Å². The Morgan fingerprint density at radius 1 is 1.55 bits per heavy atom. The van der Waals surface area contributed by atoms with Crippen LogP contribution in [-0.2, 0) is 10.0 Å². The maximum atomic E-state index is 12.7. The van der Waals surface area contributed by atoms with E-state index in [1.54, 1.807) is 7.05 Å². The zero-order chi connectivity index (χ0) is 16.5. The zero-order valence-electron chi connectivity index (χ0n) is 12.9. The van der Waals surface area contributed by atoms with Crippen LogP contribution in [-0.4, -0.2) is 55.3 Å². The number of nitro groups is 1. The molecule has 0 unspecified atom stereocenters. The van der Waals surface area contributed by atoms with Gasteiger partial charge in [0.15, 0.2) is 0 Å². The summed E-state index contributed by atoms with van der Waals surface area (Å²) in [6, 6.07) is 1.06. The minimum Gasteiger partial charge on any atom is -0.303 e. The first-order valence-electron chi connectivity index (χ1n) is 7.20. The fourth-order valence-electron chi connectivity index (χ4n) is 2.93. The number of nitrogens with zero attached hydrogens (tertiary/aromatic N) is 3. The van der Waals surface area contributed by atoms with Crippen LogP contribution in [0.5, 0.6) is 0 Å². The molecule has 2 heterocycles. The van der Waals surface area contributed by atoms with E-state index in [1.165, 1.54) is 9.69 Å². The van der Waals surface area contributed by atoms with Gasteiger partial charge in [0.05, 0.1) is 4.92 Å². The van der Waals surface area contributed by atoms with E-state index in [4.69, 9.17) is 0 Å². The van der Waals surface area contributed by atoms with Gasteiger partial charge in [0.1, 0.15) is 4.90 Å². The summed E-state index contributed by atoms with van der Waals surface area (Å²) < 4.78 is 26.7. The number of hydrogen-bond donors (Lipinski definition) is 0. The molecule has 0 spiro atoms. The number of thiophene rings is 1. The average Bonchev–Trinajstić information content (AvgIpc) is 2.97. The number of hydrogen-bond acceptors (Lipinski definition) is 6. The highest BCUT2D eigenvalue weighted by Gasteiger charge is 2.35. The van der Waals surface area contributed by atoms with E-state index in [9.17, 15) is 18.5 Å². The van der Waals surface area contributed by atoms with Crippen molar-refractivity contribution in [2.45, 2.75) is 31.2 Å². The highest BCUT2D eigenvalue weighted by molar-refractivity contribution is 7.89. The van der Waals surface area contributed by atoms with Gasteiger partial charge in [0.2, 0.25) is 10.0 Å². The summed E-state index contributed by atoms with van der Waals surface area (Å²) in [7, 11) is -2.12. The topological polar surface area (TPSA) is 83.8 Å². The molecule has 0 N–H and O–H groups in total. The van der Waals surface area contributed by atoms with Gasteiger partial charge in [0.25, 0.3) is 0 Å². The molecule has 0 amide bonds. The Morgan fingerprint density at radius 3 is 2.73 bits per heavy atom. The molecular weight excluding hydrogens is 326 g/mol. The van der Waals surface area contributed by atoms with E-state index in [-0.39, 0.29) is 21.9 Å². The van der Waals surface area contributed by atoms with Crippen molar-refractivity contribution in [3.8, 4) is 0 Å². The standard InChI is InChI=1S/C13H21N3O4S2/c1-4-15-6-5-12(10(2)8-15)14(3)22(19,20)11-7-13(16(17)18)21-9-11/h7,9-10,12H,4-6,8H2,1-3H3/t10-,12-/m1/s1. The third-order valence-corrected chi connectivity index (χ3v) is 7.17. The summed E-state index contributed by atoms with van der Waals surface area (Å²) >= 11 is 0.840. The van der Waals surface area contributed by atoms with Crippen LogP contribution in [0, 0.1) is 16.0 Å². The third-order valence-electron chi connectivity index (χ3n) is 4.28. The zero-order valence-corrected chi connectivity index (χ0v) is 14.6. The summed E-state index contributed by atoms with van der Waals surface area (Å²) in [5, 5.41) is 11.9. The second-order valence-electron chi connectivity index (χ2n) is 5.63. The van der Waals surface area contributed by atoms with Crippen LogP contribution in [0.4, 0.5) is 5.00 Å². The molecule has 2 atom stereocenters. The lowest BCUT2D eigenvalue weighted by Gasteiger charge is -2.40. The molecular formula is C13H21N3O4S2. The summed E-state index contributed by atoms with van der Waals surface area (Å²) in [5.74, 6) is 0.224. The van der Waals surface area contributed by atoms with Crippen LogP contribution in [0.15, 0.2) is 16.3 Å². The predicted molar refractivity (Wildman–Crippen MR) is 85.6 cm³/mol. The Bertz CT molecular complexity index is 643. The molecule has 2 rings (SSSR count). The lowest BCUT2D eigenvalue weighted by atomic mass is 9.94. The lowest BCUT2D eigenvalue weighted by Crippen LogP contribution is -2.50. The van der Waals surface area contributed by atoms with Gasteiger partial charge in [-0.1, -0.05) is 25.2 Å². The maximum absolute atomic E-state index is 12.7. The minimum absolute atomic E-state index is 0.0109. The van der Waals surface area contributed by atoms with Gasteiger partial charge in [-0.05, 0) is 25.4 Å². The largest absolute Gasteiger partial charge is 0.325 e. The van der Waals surface area contributed by atoms with Crippen molar-refractivity contribution in [1.29, 1.82) is 0 Å². The summed E-state index contributed by atoms with van der Waals surface area (Å²) in [6.45, 7) is 6.84. The number of piperidine rings is 1. The molecule has 7 nitrogen and oxygen atoms in total. The second-order valence-corrected chi connectivity index (χ2v) is 8.51. The van der Waals surface area contributed by atoms with E-state index in [0.717, 1.165) is 43.5 Å². The minimum atomic E-state index is -3.69. The third kappa shape index (κ3) is 3.32. The van der Waals surface area contributed by atoms with Gasteiger partial charge < -0.3 is 4.90 Å². The fraction of sp³-hybridized carbons (Fsp3) is 0.692. The van der Waals surface area contributed by atoms with Gasteiger partial charge >= 0.3 is 5.00 Å². The van der Waals surface area contributed by atoms with E-state index in [0.29, 0.717) is 0 Å². The summed E-state index contributed by atoms with van der Waals surface area (Å²) in [5.41, 5.74) is 0. The normalized spacial score (nSPS) is 23.8. The summed E-state index contributed by atoms with van der Waals surface area (Å²) in [4.78, 5) is 12.5. The highest BCUT2D eigenvalue weighted by atomic mass is 32.2. The number of sulfonamides is 1. The Balaban J connectivity index is 2.19. The Hall–Kier alpha value is -1.03. The molecule has 1 saturated heterocycles. The number of rotatable bonds is 5. The monoisotopic (exact) mass is 347 g/mol. The van der Waals surface area contributed by atoms with Crippen molar-refractivity contribution in [2.24, 2.45) is 5.92 Å². The Kier molecular flexibility index (Phi) is 5.21. The van der Waals surface area contributed by atoms with Crippen molar-refractivity contribution >= 4 is 26.4 Å². The van der Waals surface area contributed by atoms with Crippen LogP contribution in [0.25, 0.3) is 0 Å². The van der Waals surface area contributed by atoms with Crippen molar-refractivity contribution in [3.05, 3.63) is 21.6 Å². The number of likely N-dealkylation sites (tertiary alicyclic amines) is 1. The fourth-order valence-corrected chi connectivity index (χ4v) is 5.48. The smallest absolute Gasteiger partial charge is 0.303 e. The molecule has 9 heteroatoms. The molecule has 1 aliphatic heterocycles. The van der Waals surface area contributed by atoms with Crippen molar-refractivity contribution in [1.82, 2.24) is 9.21 Å². The van der Waals surface area contributed by atoms with Crippen molar-refractivity contribution < 1.29 is 13.3 Å². The van der Waals surface area contributed by atoms with E-state index >= 15 is 0 Å².